The molecule has 0 bridgehead atoms. The minimum absolute atomic E-state index is 0.389. The number of aromatic amines is 1. The first-order chi connectivity index (χ1) is 10.5. The smallest absolute Gasteiger partial charge is 0.314 e. The van der Waals surface area contributed by atoms with Crippen LogP contribution in [0.2, 0.25) is 0 Å². The third-order valence-corrected chi connectivity index (χ3v) is 4.39. The standard InChI is InChI=1S/C15H21N5O2/c1-5-6-7-8-19-9(2)10(3)20-11-12(16-14(19)20)18(4)15(22)17-13(11)21/h5-8H2,1-4H3,(H,17,21,22). The van der Waals surface area contributed by atoms with Gasteiger partial charge in [0.15, 0.2) is 11.2 Å². The number of nitrogens with zero attached hydrogens (tertiary/aromatic N) is 4. The van der Waals surface area contributed by atoms with Crippen molar-refractivity contribution >= 4 is 16.9 Å². The van der Waals surface area contributed by atoms with E-state index in [-0.39, 0.29) is 5.56 Å². The Morgan fingerprint density at radius 3 is 2.55 bits per heavy atom. The van der Waals surface area contributed by atoms with Crippen LogP contribution in [0.5, 0.6) is 0 Å². The molecule has 0 aromatic carbocycles. The molecule has 0 radical (unpaired) electrons. The number of rotatable bonds is 4. The van der Waals surface area contributed by atoms with Crippen molar-refractivity contribution in [2.75, 3.05) is 0 Å². The van der Waals surface area contributed by atoms with Crippen LogP contribution in [0.3, 0.4) is 0 Å². The van der Waals surface area contributed by atoms with Gasteiger partial charge in [0.25, 0.3) is 5.56 Å². The lowest BCUT2D eigenvalue weighted by Crippen LogP contribution is -2.28. The van der Waals surface area contributed by atoms with Crippen molar-refractivity contribution in [1.29, 1.82) is 0 Å². The number of nitrogens with one attached hydrogen (secondary N) is 1. The van der Waals surface area contributed by atoms with Gasteiger partial charge in [-0.1, -0.05) is 19.8 Å². The highest BCUT2D eigenvalue weighted by molar-refractivity contribution is 5.76. The highest BCUT2D eigenvalue weighted by Gasteiger charge is 2.19. The first-order valence-corrected chi connectivity index (χ1v) is 7.64. The third kappa shape index (κ3) is 1.92. The first-order valence-electron chi connectivity index (χ1n) is 7.64. The van der Waals surface area contributed by atoms with Gasteiger partial charge in [-0.3, -0.25) is 18.7 Å². The summed E-state index contributed by atoms with van der Waals surface area (Å²) in [6.07, 6.45) is 3.38. The Labute approximate surface area is 127 Å². The SMILES string of the molecule is CCCCCn1c(C)c(C)n2c3c(=O)[nH]c(=O)n(C)c3nc12. The van der Waals surface area contributed by atoms with E-state index in [9.17, 15) is 9.59 Å². The molecule has 1 N–H and O–H groups in total. The van der Waals surface area contributed by atoms with Crippen molar-refractivity contribution < 1.29 is 0 Å². The molecule has 0 unspecified atom stereocenters. The summed E-state index contributed by atoms with van der Waals surface area (Å²) in [6, 6.07) is 0. The average Bonchev–Trinajstić information content (AvgIpc) is 2.97. The van der Waals surface area contributed by atoms with Crippen LogP contribution in [0.25, 0.3) is 16.9 Å². The number of imidazole rings is 2. The van der Waals surface area contributed by atoms with Gasteiger partial charge in [-0.2, -0.15) is 4.98 Å². The van der Waals surface area contributed by atoms with Crippen LogP contribution >= 0.6 is 0 Å². The van der Waals surface area contributed by atoms with Gasteiger partial charge in [-0.05, 0) is 20.3 Å². The quantitative estimate of drug-likeness (QED) is 0.742. The van der Waals surface area contributed by atoms with E-state index >= 15 is 0 Å². The van der Waals surface area contributed by atoms with Crippen molar-refractivity contribution in [2.24, 2.45) is 7.05 Å². The Balaban J connectivity index is 2.36. The molecule has 118 valence electrons. The van der Waals surface area contributed by atoms with Crippen LogP contribution in [0.15, 0.2) is 9.59 Å². The molecule has 0 saturated heterocycles. The topological polar surface area (TPSA) is 77.1 Å². The van der Waals surface area contributed by atoms with Crippen molar-refractivity contribution in [3.63, 3.8) is 0 Å². The lowest BCUT2D eigenvalue weighted by atomic mass is 10.2. The van der Waals surface area contributed by atoms with E-state index in [1.54, 1.807) is 7.05 Å². The maximum absolute atomic E-state index is 12.2. The third-order valence-electron chi connectivity index (χ3n) is 4.39. The molecule has 0 spiro atoms. The van der Waals surface area contributed by atoms with Crippen molar-refractivity contribution in [2.45, 2.75) is 46.6 Å². The molecule has 0 aliphatic rings. The van der Waals surface area contributed by atoms with Gasteiger partial charge in [-0.25, -0.2) is 4.79 Å². The summed E-state index contributed by atoms with van der Waals surface area (Å²) in [5.41, 5.74) is 2.12. The molecule has 3 rings (SSSR count). The molecular weight excluding hydrogens is 282 g/mol. The largest absolute Gasteiger partial charge is 0.329 e. The fraction of sp³-hybridized carbons (Fsp3) is 0.533. The number of fused-ring (bicyclic) bond motifs is 3. The van der Waals surface area contributed by atoms with Crippen LogP contribution in [0.1, 0.15) is 37.6 Å². The molecule has 0 saturated carbocycles. The normalized spacial score (nSPS) is 11.8. The van der Waals surface area contributed by atoms with E-state index < -0.39 is 5.69 Å². The second-order valence-corrected chi connectivity index (χ2v) is 5.77. The predicted molar refractivity (Wildman–Crippen MR) is 85.5 cm³/mol. The Kier molecular flexibility index (Phi) is 3.42. The zero-order valence-electron chi connectivity index (χ0n) is 13.4. The van der Waals surface area contributed by atoms with Gasteiger partial charge in [-0.15, -0.1) is 0 Å². The second kappa shape index (κ2) is 5.15. The Hall–Kier alpha value is -2.31. The summed E-state index contributed by atoms with van der Waals surface area (Å²) in [5, 5.41) is 0. The zero-order valence-corrected chi connectivity index (χ0v) is 13.4. The van der Waals surface area contributed by atoms with Crippen molar-refractivity contribution in [3.05, 3.63) is 32.2 Å². The van der Waals surface area contributed by atoms with Crippen molar-refractivity contribution in [3.8, 4) is 0 Å². The van der Waals surface area contributed by atoms with Gasteiger partial charge in [0.2, 0.25) is 5.78 Å². The number of aryl methyl sites for hydroxylation is 3. The lowest BCUT2D eigenvalue weighted by molar-refractivity contribution is 0.602. The van der Waals surface area contributed by atoms with E-state index in [0.29, 0.717) is 11.2 Å². The maximum Gasteiger partial charge on any atom is 0.329 e. The van der Waals surface area contributed by atoms with E-state index in [0.717, 1.165) is 43.0 Å². The number of unbranched alkanes of at least 4 members (excludes halogenated alkanes) is 2. The Bertz CT molecular complexity index is 970. The minimum Gasteiger partial charge on any atom is -0.314 e. The van der Waals surface area contributed by atoms with Gasteiger partial charge < -0.3 is 4.57 Å². The summed E-state index contributed by atoms with van der Waals surface area (Å²) in [5.74, 6) is 0.729. The number of hydrogen-bond donors (Lipinski definition) is 1. The molecule has 7 nitrogen and oxygen atoms in total. The molecule has 3 aromatic rings. The molecule has 22 heavy (non-hydrogen) atoms. The molecule has 0 aliphatic heterocycles. The van der Waals surface area contributed by atoms with Crippen molar-refractivity contribution in [1.82, 2.24) is 23.5 Å². The van der Waals surface area contributed by atoms with Gasteiger partial charge >= 0.3 is 5.69 Å². The van der Waals surface area contributed by atoms with Gasteiger partial charge in [0.1, 0.15) is 0 Å². The fourth-order valence-electron chi connectivity index (χ4n) is 2.96. The average molecular weight is 303 g/mol. The molecule has 0 fully saturated rings. The molecule has 3 heterocycles. The van der Waals surface area contributed by atoms with Crippen LogP contribution in [-0.2, 0) is 13.6 Å². The van der Waals surface area contributed by atoms with E-state index in [4.69, 9.17) is 0 Å². The lowest BCUT2D eigenvalue weighted by Gasteiger charge is -2.05. The molecular formula is C15H21N5O2. The minimum atomic E-state index is -0.440. The number of aromatic nitrogens is 5. The Morgan fingerprint density at radius 2 is 1.86 bits per heavy atom. The van der Waals surface area contributed by atoms with Crippen LogP contribution in [-0.4, -0.2) is 23.5 Å². The van der Waals surface area contributed by atoms with E-state index in [1.807, 2.05) is 18.2 Å². The van der Waals surface area contributed by atoms with Crippen LogP contribution in [0.4, 0.5) is 0 Å². The summed E-state index contributed by atoms with van der Waals surface area (Å²) in [6.45, 7) is 7.05. The van der Waals surface area contributed by atoms with E-state index in [1.165, 1.54) is 4.57 Å². The zero-order chi connectivity index (χ0) is 16.0. The summed E-state index contributed by atoms with van der Waals surface area (Å²) < 4.78 is 5.37. The van der Waals surface area contributed by atoms with Gasteiger partial charge in [0, 0.05) is 25.0 Å². The monoisotopic (exact) mass is 303 g/mol. The molecule has 0 amide bonds. The number of H-pyrrole nitrogens is 1. The van der Waals surface area contributed by atoms with E-state index in [2.05, 4.69) is 21.5 Å². The molecule has 7 heteroatoms. The highest BCUT2D eigenvalue weighted by Crippen LogP contribution is 2.20. The second-order valence-electron chi connectivity index (χ2n) is 5.77. The summed E-state index contributed by atoms with van der Waals surface area (Å²) in [7, 11) is 1.62. The maximum atomic E-state index is 12.2. The molecule has 3 aromatic heterocycles. The predicted octanol–water partition coefficient (Wildman–Crippen LogP) is 1.48. The summed E-state index contributed by atoms with van der Waals surface area (Å²) >= 11 is 0. The fourth-order valence-corrected chi connectivity index (χ4v) is 2.96. The van der Waals surface area contributed by atoms with Crippen LogP contribution in [0, 0.1) is 13.8 Å². The summed E-state index contributed by atoms with van der Waals surface area (Å²) in [4.78, 5) is 30.9. The molecule has 0 aliphatic carbocycles. The number of hydrogen-bond acceptors (Lipinski definition) is 3. The Morgan fingerprint density at radius 1 is 1.14 bits per heavy atom. The van der Waals surface area contributed by atoms with Gasteiger partial charge in [0.05, 0.1) is 0 Å². The highest BCUT2D eigenvalue weighted by atomic mass is 16.2. The molecule has 0 atom stereocenters. The first kappa shape index (κ1) is 14.6. The van der Waals surface area contributed by atoms with Crippen LogP contribution < -0.4 is 11.2 Å².